The second-order valence-electron chi connectivity index (χ2n) is 4.97. The van der Waals surface area contributed by atoms with Gasteiger partial charge in [0.05, 0.1) is 19.1 Å². The summed E-state index contributed by atoms with van der Waals surface area (Å²) in [5.41, 5.74) is 3.31. The van der Waals surface area contributed by atoms with Gasteiger partial charge in [0.25, 0.3) is 0 Å². The summed E-state index contributed by atoms with van der Waals surface area (Å²) < 4.78 is 0. The molecule has 0 bridgehead atoms. The lowest BCUT2D eigenvalue weighted by Crippen LogP contribution is -2.40. The van der Waals surface area contributed by atoms with E-state index in [-0.39, 0.29) is 25.4 Å². The summed E-state index contributed by atoms with van der Waals surface area (Å²) in [6, 6.07) is 2.99. The van der Waals surface area contributed by atoms with E-state index < -0.39 is 12.0 Å². The number of Topliss-reactive ketones (excluding diaryl/α,β-unsaturated/α-hetero) is 1. The Balaban J connectivity index is 3.08. The lowest BCUT2D eigenvalue weighted by Gasteiger charge is -2.18. The molecule has 5 heteroatoms. The van der Waals surface area contributed by atoms with Crippen molar-refractivity contribution < 1.29 is 19.8 Å². The number of ketones is 1. The average Bonchev–Trinajstić information content (AvgIpc) is 2.32. The molecule has 5 nitrogen and oxygen atoms in total. The number of aliphatic carboxylic acids is 1. The minimum absolute atomic E-state index is 0.144. The van der Waals surface area contributed by atoms with Gasteiger partial charge in [0.2, 0.25) is 0 Å². The van der Waals surface area contributed by atoms with E-state index in [9.17, 15) is 9.59 Å². The van der Waals surface area contributed by atoms with Gasteiger partial charge in [-0.2, -0.15) is 0 Å². The molecule has 0 saturated carbocycles. The molecular weight excluding hydrogens is 258 g/mol. The van der Waals surface area contributed by atoms with Gasteiger partial charge in [-0.3, -0.25) is 9.59 Å². The Morgan fingerprint density at radius 2 is 1.75 bits per heavy atom. The molecule has 0 aliphatic heterocycles. The summed E-state index contributed by atoms with van der Waals surface area (Å²) in [5.74, 6) is -1.29. The minimum Gasteiger partial charge on any atom is -0.481 e. The number of aliphatic hydroxyl groups excluding tert-OH is 1. The van der Waals surface area contributed by atoms with E-state index in [1.54, 1.807) is 0 Å². The van der Waals surface area contributed by atoms with Gasteiger partial charge < -0.3 is 15.5 Å². The van der Waals surface area contributed by atoms with Crippen molar-refractivity contribution in [3.63, 3.8) is 0 Å². The van der Waals surface area contributed by atoms with Crippen molar-refractivity contribution >= 4 is 11.8 Å². The average molecular weight is 279 g/mol. The topological polar surface area (TPSA) is 86.6 Å². The van der Waals surface area contributed by atoms with Crippen molar-refractivity contribution in [3.8, 4) is 0 Å². The van der Waals surface area contributed by atoms with Crippen LogP contribution in [0.1, 0.15) is 33.5 Å². The molecule has 3 N–H and O–H groups in total. The van der Waals surface area contributed by atoms with Crippen LogP contribution in [-0.4, -0.2) is 41.2 Å². The minimum atomic E-state index is -1.05. The summed E-state index contributed by atoms with van der Waals surface area (Å²) in [7, 11) is 0. The van der Waals surface area contributed by atoms with Crippen LogP contribution < -0.4 is 5.32 Å². The van der Waals surface area contributed by atoms with E-state index in [1.165, 1.54) is 0 Å². The molecule has 0 radical (unpaired) electrons. The quantitative estimate of drug-likeness (QED) is 0.653. The van der Waals surface area contributed by atoms with Crippen LogP contribution in [0.15, 0.2) is 12.1 Å². The Kier molecular flexibility index (Phi) is 5.85. The molecule has 0 spiro atoms. The molecule has 1 aromatic rings. The van der Waals surface area contributed by atoms with Crippen LogP contribution in [0.3, 0.4) is 0 Å². The third-order valence-corrected chi connectivity index (χ3v) is 3.12. The first-order valence-corrected chi connectivity index (χ1v) is 6.55. The largest absolute Gasteiger partial charge is 0.481 e. The predicted molar refractivity (Wildman–Crippen MR) is 76.1 cm³/mol. The van der Waals surface area contributed by atoms with Gasteiger partial charge in [0.1, 0.15) is 0 Å². The first-order valence-electron chi connectivity index (χ1n) is 6.55. The van der Waals surface area contributed by atoms with Crippen LogP contribution >= 0.6 is 0 Å². The molecule has 0 heterocycles. The van der Waals surface area contributed by atoms with Crippen molar-refractivity contribution in [1.29, 1.82) is 0 Å². The van der Waals surface area contributed by atoms with Gasteiger partial charge in [0.15, 0.2) is 5.78 Å². The Hall–Kier alpha value is -1.72. The van der Waals surface area contributed by atoms with Crippen LogP contribution in [0.4, 0.5) is 0 Å². The van der Waals surface area contributed by atoms with E-state index in [0.29, 0.717) is 5.56 Å². The number of carbonyl (C=O) groups excluding carboxylic acids is 1. The van der Waals surface area contributed by atoms with E-state index in [4.69, 9.17) is 10.2 Å². The van der Waals surface area contributed by atoms with Crippen molar-refractivity contribution in [2.45, 2.75) is 33.2 Å². The number of carbonyl (C=O) groups is 2. The van der Waals surface area contributed by atoms with E-state index >= 15 is 0 Å². The lowest BCUT2D eigenvalue weighted by molar-refractivity contribution is -0.137. The first kappa shape index (κ1) is 16.3. The molecule has 20 heavy (non-hydrogen) atoms. The van der Waals surface area contributed by atoms with Crippen LogP contribution in [0, 0.1) is 20.8 Å². The molecule has 1 aromatic carbocycles. The SMILES string of the molecule is Cc1cc(C)c(C(=O)C(CC(=O)O)NCCO)c(C)c1. The number of hydrogen-bond acceptors (Lipinski definition) is 4. The van der Waals surface area contributed by atoms with Crippen LogP contribution in [0.2, 0.25) is 0 Å². The number of hydrogen-bond donors (Lipinski definition) is 3. The second kappa shape index (κ2) is 7.17. The van der Waals surface area contributed by atoms with Gasteiger partial charge in [-0.05, 0) is 31.9 Å². The van der Waals surface area contributed by atoms with E-state index in [2.05, 4.69) is 5.32 Å². The smallest absolute Gasteiger partial charge is 0.305 e. The molecule has 110 valence electrons. The van der Waals surface area contributed by atoms with Gasteiger partial charge in [-0.25, -0.2) is 0 Å². The van der Waals surface area contributed by atoms with Gasteiger partial charge in [-0.15, -0.1) is 0 Å². The number of aryl methyl sites for hydroxylation is 3. The highest BCUT2D eigenvalue weighted by Gasteiger charge is 2.24. The lowest BCUT2D eigenvalue weighted by atomic mass is 9.92. The van der Waals surface area contributed by atoms with Gasteiger partial charge in [0, 0.05) is 12.1 Å². The number of carboxylic acid groups (broad SMARTS) is 1. The summed E-state index contributed by atoms with van der Waals surface area (Å²) in [6.07, 6.45) is -0.300. The zero-order chi connectivity index (χ0) is 15.3. The van der Waals surface area contributed by atoms with Crippen molar-refractivity contribution in [2.75, 3.05) is 13.2 Å². The van der Waals surface area contributed by atoms with Crippen molar-refractivity contribution in [1.82, 2.24) is 5.32 Å². The number of nitrogens with one attached hydrogen (secondary N) is 1. The Labute approximate surface area is 118 Å². The molecule has 0 aliphatic rings. The molecule has 1 unspecified atom stereocenters. The van der Waals surface area contributed by atoms with Crippen LogP contribution in [0.5, 0.6) is 0 Å². The summed E-state index contributed by atoms with van der Waals surface area (Å²) in [6.45, 7) is 5.68. The van der Waals surface area contributed by atoms with Crippen LogP contribution in [-0.2, 0) is 4.79 Å². The highest BCUT2D eigenvalue weighted by molar-refractivity contribution is 6.04. The molecule has 1 rings (SSSR count). The number of benzene rings is 1. The molecule has 0 saturated heterocycles. The fourth-order valence-electron chi connectivity index (χ4n) is 2.41. The monoisotopic (exact) mass is 279 g/mol. The number of carboxylic acids is 1. The first-order chi connectivity index (χ1) is 9.36. The molecule has 0 aromatic heterocycles. The highest BCUT2D eigenvalue weighted by atomic mass is 16.4. The molecular formula is C15H21NO4. The predicted octanol–water partition coefficient (Wildman–Crippen LogP) is 1.22. The maximum absolute atomic E-state index is 12.5. The zero-order valence-corrected chi connectivity index (χ0v) is 12.1. The van der Waals surface area contributed by atoms with Crippen LogP contribution in [0.25, 0.3) is 0 Å². The van der Waals surface area contributed by atoms with Gasteiger partial charge in [-0.1, -0.05) is 17.7 Å². The second-order valence-corrected chi connectivity index (χ2v) is 4.97. The van der Waals surface area contributed by atoms with E-state index in [0.717, 1.165) is 16.7 Å². The maximum Gasteiger partial charge on any atom is 0.305 e. The zero-order valence-electron chi connectivity index (χ0n) is 12.1. The summed E-state index contributed by atoms with van der Waals surface area (Å²) >= 11 is 0. The molecule has 1 atom stereocenters. The fourth-order valence-corrected chi connectivity index (χ4v) is 2.41. The van der Waals surface area contributed by atoms with Crippen molar-refractivity contribution in [2.24, 2.45) is 0 Å². The fraction of sp³-hybridized carbons (Fsp3) is 0.467. The highest BCUT2D eigenvalue weighted by Crippen LogP contribution is 2.19. The molecule has 0 aliphatic carbocycles. The maximum atomic E-state index is 12.5. The normalized spacial score (nSPS) is 12.2. The number of aliphatic hydroxyl groups is 1. The third-order valence-electron chi connectivity index (χ3n) is 3.12. The Morgan fingerprint density at radius 3 is 2.20 bits per heavy atom. The van der Waals surface area contributed by atoms with E-state index in [1.807, 2.05) is 32.9 Å². The Bertz CT molecular complexity index is 488. The van der Waals surface area contributed by atoms with Crippen molar-refractivity contribution in [3.05, 3.63) is 34.4 Å². The molecule has 0 fully saturated rings. The summed E-state index contributed by atoms with van der Waals surface area (Å²) in [4.78, 5) is 23.4. The van der Waals surface area contributed by atoms with Gasteiger partial charge >= 0.3 is 5.97 Å². The standard InChI is InChI=1S/C15H21NO4/c1-9-6-10(2)14(11(3)7-9)15(20)12(8-13(18)19)16-4-5-17/h6-7,12,16-17H,4-5,8H2,1-3H3,(H,18,19). The molecule has 0 amide bonds. The Morgan fingerprint density at radius 1 is 1.20 bits per heavy atom. The summed E-state index contributed by atoms with van der Waals surface area (Å²) in [5, 5.41) is 20.5. The number of rotatable bonds is 7. The third kappa shape index (κ3) is 4.15.